The van der Waals surface area contributed by atoms with Crippen LogP contribution in [0, 0.1) is 13.8 Å². The minimum absolute atomic E-state index is 0. The maximum atomic E-state index is 5.15. The van der Waals surface area contributed by atoms with E-state index in [1.807, 2.05) is 157 Å². The van der Waals surface area contributed by atoms with Crippen molar-refractivity contribution >= 4 is 37.7 Å². The maximum Gasteiger partial charge on any atom is 2.00 e. The van der Waals surface area contributed by atoms with Crippen LogP contribution < -0.4 is 0 Å². The molecule has 0 fully saturated rings. The van der Waals surface area contributed by atoms with Crippen LogP contribution in [0.5, 0.6) is 0 Å². The number of hydrogen-bond acceptors (Lipinski definition) is 10. The summed E-state index contributed by atoms with van der Waals surface area (Å²) >= 11 is 10.3. The Morgan fingerprint density at radius 2 is 0.830 bits per heavy atom. The average molecular weight is 782 g/mol. The van der Waals surface area contributed by atoms with E-state index in [4.69, 9.17) is 35.5 Å². The minimum Gasteiger partial charge on any atom is -0.738 e. The Kier molecular flexibility index (Phi) is 11.7. The second kappa shape index (κ2) is 16.9. The summed E-state index contributed by atoms with van der Waals surface area (Å²) in [6.07, 6.45) is 7.37. The van der Waals surface area contributed by atoms with Crippen LogP contribution in [0.1, 0.15) is 22.8 Å². The third kappa shape index (κ3) is 8.51. The number of aromatic nitrogens is 10. The zero-order valence-corrected chi connectivity index (χ0v) is 30.9. The van der Waals surface area contributed by atoms with Gasteiger partial charge >= 0.3 is 17.1 Å². The van der Waals surface area contributed by atoms with E-state index >= 15 is 0 Å². The van der Waals surface area contributed by atoms with E-state index in [1.165, 1.54) is 9.35 Å². The van der Waals surface area contributed by atoms with Crippen LogP contribution in [0.25, 0.3) is 33.9 Å². The molecular formula is C38H30CuN12S2. The van der Waals surface area contributed by atoms with Crippen molar-refractivity contribution in [2.24, 2.45) is 10.2 Å². The summed E-state index contributed by atoms with van der Waals surface area (Å²) in [5.74, 6) is 1.28. The fourth-order valence-corrected chi connectivity index (χ4v) is 5.65. The summed E-state index contributed by atoms with van der Waals surface area (Å²) in [6, 6.07) is 39.9. The van der Waals surface area contributed by atoms with Crippen LogP contribution in [-0.4, -0.2) is 61.7 Å². The van der Waals surface area contributed by atoms with Crippen molar-refractivity contribution in [3.8, 4) is 33.9 Å². The first kappa shape index (κ1) is 36.7. The number of hydrogen-bond donors (Lipinski definition) is 0. The zero-order chi connectivity index (χ0) is 35.9. The van der Waals surface area contributed by atoms with Gasteiger partial charge in [-0.1, -0.05) is 97.1 Å². The summed E-state index contributed by atoms with van der Waals surface area (Å²) in [5.41, 5.74) is 7.43. The van der Waals surface area contributed by atoms with Crippen molar-refractivity contribution in [3.63, 3.8) is 0 Å². The van der Waals surface area contributed by atoms with Gasteiger partial charge in [0.05, 0.1) is 23.8 Å². The third-order valence-electron chi connectivity index (χ3n) is 7.78. The Morgan fingerprint density at radius 3 is 1.15 bits per heavy atom. The summed E-state index contributed by atoms with van der Waals surface area (Å²) < 4.78 is 6.75. The summed E-state index contributed by atoms with van der Waals surface area (Å²) in [6.45, 7) is 3.62. The molecule has 4 heterocycles. The molecule has 8 rings (SSSR count). The van der Waals surface area contributed by atoms with Gasteiger partial charge in [0.15, 0.2) is 0 Å². The van der Waals surface area contributed by atoms with Gasteiger partial charge in [-0.05, 0) is 38.1 Å². The van der Waals surface area contributed by atoms with E-state index in [0.717, 1.165) is 45.0 Å². The van der Waals surface area contributed by atoms with Crippen LogP contribution in [0.2, 0.25) is 0 Å². The Hall–Kier alpha value is -6.12. The van der Waals surface area contributed by atoms with E-state index in [9.17, 15) is 0 Å². The van der Waals surface area contributed by atoms with E-state index in [1.54, 1.807) is 12.4 Å². The van der Waals surface area contributed by atoms with E-state index in [-0.39, 0.29) is 17.1 Å². The van der Waals surface area contributed by atoms with Crippen LogP contribution in [0.3, 0.4) is 0 Å². The average Bonchev–Trinajstić information content (AvgIpc) is 3.97. The fraction of sp³-hybridized carbons (Fsp3) is 0.0526. The quantitative estimate of drug-likeness (QED) is 0.0980. The molecule has 0 saturated carbocycles. The molecule has 8 aromatic rings. The molecule has 0 amide bonds. The van der Waals surface area contributed by atoms with Crippen molar-refractivity contribution in [2.75, 3.05) is 0 Å². The molecule has 0 aliphatic heterocycles. The molecular weight excluding hydrogens is 752 g/mol. The molecule has 0 aliphatic carbocycles. The van der Waals surface area contributed by atoms with Crippen LogP contribution in [0.15, 0.2) is 154 Å². The van der Waals surface area contributed by atoms with Gasteiger partial charge < -0.3 is 25.3 Å². The molecule has 0 bridgehead atoms. The molecule has 1 radical (unpaired) electrons. The normalized spacial score (nSPS) is 11.1. The second-order valence-electron chi connectivity index (χ2n) is 11.3. The maximum absolute atomic E-state index is 5.15. The molecule has 0 aliphatic rings. The Balaban J connectivity index is 0.000000178. The third-order valence-corrected chi connectivity index (χ3v) is 8.29. The molecule has 0 spiro atoms. The first-order chi connectivity index (χ1) is 25.4. The van der Waals surface area contributed by atoms with Gasteiger partial charge in [-0.15, -0.1) is 10.2 Å². The summed E-state index contributed by atoms with van der Waals surface area (Å²) in [7, 11) is 0. The van der Waals surface area contributed by atoms with Crippen LogP contribution >= 0.6 is 0 Å². The topological polar surface area (TPSA) is 122 Å². The van der Waals surface area contributed by atoms with Crippen molar-refractivity contribution in [1.29, 1.82) is 0 Å². The second-order valence-corrected chi connectivity index (χ2v) is 12.1. The molecule has 12 nitrogen and oxygen atoms in total. The molecule has 0 atom stereocenters. The van der Waals surface area contributed by atoms with Gasteiger partial charge in [-0.3, -0.25) is 0 Å². The van der Waals surface area contributed by atoms with Gasteiger partial charge in [0.25, 0.3) is 0 Å². The van der Waals surface area contributed by atoms with E-state index < -0.39 is 0 Å². The van der Waals surface area contributed by atoms with Crippen LogP contribution in [-0.2, 0) is 42.3 Å². The monoisotopic (exact) mass is 781 g/mol. The van der Waals surface area contributed by atoms with Crippen molar-refractivity contribution < 1.29 is 17.1 Å². The summed E-state index contributed by atoms with van der Waals surface area (Å²) in [4.78, 5) is 0. The number of nitrogens with zero attached hydrogens (tertiary/aromatic N) is 12. The standard InChI is InChI=1S/2C19H16N6S.Cu/c2*1-14-21-22-19(26)25(14)20-12-16-13-24(17-10-6-3-7-11-17)23-18(16)15-8-4-2-5-9-15;/h2*2-13H,1H3,(H,22,26);/q;;+2/p-2/b2*20-12+;. The van der Waals surface area contributed by atoms with Gasteiger partial charge in [0.1, 0.15) is 23.0 Å². The largest absolute Gasteiger partial charge is 2.00 e. The Bertz CT molecular complexity index is 2240. The predicted octanol–water partition coefficient (Wildman–Crippen LogP) is 6.45. The number of aryl methyl sites for hydroxylation is 2. The van der Waals surface area contributed by atoms with E-state index in [0.29, 0.717) is 22.0 Å². The zero-order valence-electron chi connectivity index (χ0n) is 28.3. The smallest absolute Gasteiger partial charge is 0.738 e. The Morgan fingerprint density at radius 1 is 0.491 bits per heavy atom. The number of benzene rings is 4. The van der Waals surface area contributed by atoms with Crippen molar-refractivity contribution in [2.45, 2.75) is 24.2 Å². The van der Waals surface area contributed by atoms with Crippen molar-refractivity contribution in [1.82, 2.24) is 49.3 Å². The Labute approximate surface area is 327 Å². The summed E-state index contributed by atoms with van der Waals surface area (Å²) in [5, 5.41) is 34.6. The van der Waals surface area contributed by atoms with Crippen molar-refractivity contribution in [3.05, 3.63) is 156 Å². The molecule has 0 saturated heterocycles. The number of rotatable bonds is 8. The molecule has 53 heavy (non-hydrogen) atoms. The molecule has 0 N–H and O–H groups in total. The molecule has 4 aromatic heterocycles. The first-order valence-corrected chi connectivity index (χ1v) is 16.9. The fourth-order valence-electron chi connectivity index (χ4n) is 5.21. The molecule has 15 heteroatoms. The minimum atomic E-state index is 0. The SMILES string of the molecule is Cc1nnc([S-])n1/N=C/c1cn(-c2ccccc2)nc1-c1ccccc1.Cc1nnc([S-])n1/N=C/c1cn(-c2ccccc2)nc1-c1ccccc1.[Cu+2]. The van der Waals surface area contributed by atoms with Gasteiger partial charge in [0, 0.05) is 45.0 Å². The van der Waals surface area contributed by atoms with Gasteiger partial charge in [-0.25, -0.2) is 18.7 Å². The molecule has 0 unspecified atom stereocenters. The number of para-hydroxylation sites is 2. The van der Waals surface area contributed by atoms with Gasteiger partial charge in [-0.2, -0.15) is 30.6 Å². The van der Waals surface area contributed by atoms with Gasteiger partial charge in [0.2, 0.25) is 0 Å². The predicted molar refractivity (Wildman–Crippen MR) is 205 cm³/mol. The van der Waals surface area contributed by atoms with Crippen LogP contribution in [0.4, 0.5) is 0 Å². The molecule has 4 aromatic carbocycles. The first-order valence-electron chi connectivity index (χ1n) is 16.1. The van der Waals surface area contributed by atoms with E-state index in [2.05, 4.69) is 30.6 Å². The molecule has 265 valence electrons.